The topological polar surface area (TPSA) is 76.5 Å². The molecule has 0 saturated heterocycles. The van der Waals surface area contributed by atoms with Gasteiger partial charge in [-0.25, -0.2) is 4.98 Å². The van der Waals surface area contributed by atoms with E-state index in [9.17, 15) is 4.79 Å². The van der Waals surface area contributed by atoms with E-state index in [4.69, 9.17) is 13.9 Å². The molecule has 3 heterocycles. The fourth-order valence-corrected chi connectivity index (χ4v) is 3.14. The quantitative estimate of drug-likeness (QED) is 0.600. The zero-order valence-corrected chi connectivity index (χ0v) is 12.7. The lowest BCUT2D eigenvalue weighted by Gasteiger charge is -1.93. The third-order valence-corrected chi connectivity index (χ3v) is 4.27. The average molecular weight is 325 g/mol. The smallest absolute Gasteiger partial charge is 0.309 e. The minimum atomic E-state index is -0.952. The van der Waals surface area contributed by atoms with E-state index in [2.05, 4.69) is 4.98 Å². The highest BCUT2D eigenvalue weighted by molar-refractivity contribution is 7.13. The zero-order chi connectivity index (χ0) is 15.8. The molecule has 0 aliphatic carbocycles. The van der Waals surface area contributed by atoms with Gasteiger partial charge in [-0.2, -0.15) is 0 Å². The summed E-state index contributed by atoms with van der Waals surface area (Å²) in [5.41, 5.74) is 1.13. The van der Waals surface area contributed by atoms with Gasteiger partial charge in [0.15, 0.2) is 11.5 Å². The van der Waals surface area contributed by atoms with E-state index in [1.165, 1.54) is 11.3 Å². The van der Waals surface area contributed by atoms with E-state index < -0.39 is 5.97 Å². The number of nitrogens with zero attached hydrogens (tertiary/aromatic N) is 1. The second-order valence-corrected chi connectivity index (χ2v) is 5.94. The van der Waals surface area contributed by atoms with Crippen LogP contribution in [0.4, 0.5) is 0 Å². The monoisotopic (exact) mass is 325 g/mol. The molecule has 0 radical (unpaired) electrons. The van der Waals surface area contributed by atoms with Crippen LogP contribution in [0, 0.1) is 0 Å². The molecule has 4 rings (SSSR count). The van der Waals surface area contributed by atoms with Crippen molar-refractivity contribution in [2.45, 2.75) is 6.42 Å². The number of hydrogen-bond donors (Lipinski definition) is 1. The number of carboxylic acid groups (broad SMARTS) is 1. The Labute approximate surface area is 134 Å². The number of rotatable bonds is 4. The fraction of sp³-hybridized carbons (Fsp3) is 0.0588. The number of aromatic nitrogens is 1. The van der Waals surface area contributed by atoms with Gasteiger partial charge in [0.2, 0.25) is 0 Å². The number of fused-ring (bicyclic) bond motifs is 1. The fourth-order valence-electron chi connectivity index (χ4n) is 2.41. The van der Waals surface area contributed by atoms with Crippen LogP contribution in [0.1, 0.15) is 5.69 Å². The largest absolute Gasteiger partial charge is 0.481 e. The Hall–Kier alpha value is -2.86. The number of furan rings is 1. The summed E-state index contributed by atoms with van der Waals surface area (Å²) >= 11 is 1.47. The van der Waals surface area contributed by atoms with Gasteiger partial charge in [0.25, 0.3) is 5.89 Å². The van der Waals surface area contributed by atoms with Crippen molar-refractivity contribution in [2.75, 3.05) is 0 Å². The van der Waals surface area contributed by atoms with Crippen LogP contribution < -0.4 is 0 Å². The molecule has 6 heteroatoms. The molecule has 5 nitrogen and oxygen atoms in total. The van der Waals surface area contributed by atoms with Gasteiger partial charge < -0.3 is 13.9 Å². The van der Waals surface area contributed by atoms with Crippen LogP contribution in [0.3, 0.4) is 0 Å². The number of thiophene rings is 1. The molecule has 1 aromatic carbocycles. The molecular formula is C17H11NO4S. The normalized spacial score (nSPS) is 11.1. The van der Waals surface area contributed by atoms with E-state index in [1.54, 1.807) is 0 Å². The van der Waals surface area contributed by atoms with Gasteiger partial charge in [-0.1, -0.05) is 24.3 Å². The Morgan fingerprint density at radius 1 is 1.17 bits per heavy atom. The van der Waals surface area contributed by atoms with Crippen LogP contribution in [0.2, 0.25) is 0 Å². The molecule has 0 aliphatic rings. The van der Waals surface area contributed by atoms with Crippen LogP contribution in [0.25, 0.3) is 33.3 Å². The third kappa shape index (κ3) is 2.53. The highest BCUT2D eigenvalue weighted by Gasteiger charge is 2.21. The molecule has 0 aliphatic heterocycles. The number of benzene rings is 1. The van der Waals surface area contributed by atoms with E-state index in [1.807, 2.05) is 47.8 Å². The highest BCUT2D eigenvalue weighted by atomic mass is 32.1. The molecule has 23 heavy (non-hydrogen) atoms. The number of carboxylic acids is 1. The molecular weight excluding hydrogens is 314 g/mol. The number of carbonyl (C=O) groups is 1. The van der Waals surface area contributed by atoms with E-state index in [-0.39, 0.29) is 6.42 Å². The van der Waals surface area contributed by atoms with Crippen molar-refractivity contribution in [3.63, 3.8) is 0 Å². The predicted octanol–water partition coefficient (Wildman–Crippen LogP) is 4.44. The Bertz CT molecular complexity index is 948. The Morgan fingerprint density at radius 3 is 2.78 bits per heavy atom. The van der Waals surface area contributed by atoms with Crippen LogP contribution in [0.5, 0.6) is 0 Å². The number of oxazole rings is 1. The van der Waals surface area contributed by atoms with Crippen molar-refractivity contribution in [2.24, 2.45) is 0 Å². The summed E-state index contributed by atoms with van der Waals surface area (Å²) in [6.45, 7) is 0. The summed E-state index contributed by atoms with van der Waals surface area (Å²) in [7, 11) is 0. The van der Waals surface area contributed by atoms with Gasteiger partial charge in [-0.15, -0.1) is 11.3 Å². The number of aliphatic carboxylic acids is 1. The first kappa shape index (κ1) is 13.8. The summed E-state index contributed by atoms with van der Waals surface area (Å²) in [4.78, 5) is 16.3. The summed E-state index contributed by atoms with van der Waals surface area (Å²) in [6.07, 6.45) is -0.197. The minimum Gasteiger partial charge on any atom is -0.481 e. The second kappa shape index (κ2) is 5.40. The van der Waals surface area contributed by atoms with E-state index in [0.29, 0.717) is 23.1 Å². The molecule has 114 valence electrons. The van der Waals surface area contributed by atoms with Gasteiger partial charge in [0, 0.05) is 5.39 Å². The average Bonchev–Trinajstić information content (AvgIpc) is 3.25. The van der Waals surface area contributed by atoms with Crippen molar-refractivity contribution in [3.05, 3.63) is 53.5 Å². The number of para-hydroxylation sites is 1. The SMILES string of the molecule is O=C(O)Cc1nc(-c2cc3ccccc3o2)oc1-c1cccs1. The van der Waals surface area contributed by atoms with Crippen molar-refractivity contribution in [1.29, 1.82) is 0 Å². The van der Waals surface area contributed by atoms with Crippen LogP contribution in [-0.2, 0) is 11.2 Å². The van der Waals surface area contributed by atoms with Crippen molar-refractivity contribution < 1.29 is 18.7 Å². The first-order chi connectivity index (χ1) is 11.2. The van der Waals surface area contributed by atoms with Crippen molar-refractivity contribution in [1.82, 2.24) is 4.98 Å². The van der Waals surface area contributed by atoms with Crippen molar-refractivity contribution in [3.8, 4) is 22.3 Å². The van der Waals surface area contributed by atoms with Crippen LogP contribution >= 0.6 is 11.3 Å². The standard InChI is InChI=1S/C17H11NO4S/c19-15(20)9-11-16(14-6-3-7-23-14)22-17(18-11)13-8-10-4-1-2-5-12(10)21-13/h1-8H,9H2,(H,19,20). The van der Waals surface area contributed by atoms with Gasteiger partial charge in [0.1, 0.15) is 5.58 Å². The van der Waals surface area contributed by atoms with Gasteiger partial charge in [-0.3, -0.25) is 4.79 Å². The highest BCUT2D eigenvalue weighted by Crippen LogP contribution is 2.34. The van der Waals surface area contributed by atoms with Gasteiger partial charge in [0.05, 0.1) is 17.0 Å². The van der Waals surface area contributed by atoms with Gasteiger partial charge in [-0.05, 0) is 23.6 Å². The summed E-state index contributed by atoms with van der Waals surface area (Å²) < 4.78 is 11.6. The first-order valence-electron chi connectivity index (χ1n) is 6.95. The molecule has 3 aromatic heterocycles. The van der Waals surface area contributed by atoms with Crippen molar-refractivity contribution >= 4 is 28.3 Å². The zero-order valence-electron chi connectivity index (χ0n) is 11.9. The first-order valence-corrected chi connectivity index (χ1v) is 7.83. The predicted molar refractivity (Wildman–Crippen MR) is 86.4 cm³/mol. The minimum absolute atomic E-state index is 0.197. The van der Waals surface area contributed by atoms with Crippen LogP contribution in [0.15, 0.2) is 56.7 Å². The molecule has 0 fully saturated rings. The van der Waals surface area contributed by atoms with Crippen LogP contribution in [-0.4, -0.2) is 16.1 Å². The second-order valence-electron chi connectivity index (χ2n) is 4.99. The molecule has 0 atom stereocenters. The van der Waals surface area contributed by atoms with Gasteiger partial charge >= 0.3 is 5.97 Å². The lowest BCUT2D eigenvalue weighted by atomic mass is 10.2. The lowest BCUT2D eigenvalue weighted by molar-refractivity contribution is -0.136. The van der Waals surface area contributed by atoms with E-state index >= 15 is 0 Å². The Balaban J connectivity index is 1.84. The molecule has 1 N–H and O–H groups in total. The number of hydrogen-bond acceptors (Lipinski definition) is 5. The Kier molecular flexibility index (Phi) is 3.24. The third-order valence-electron chi connectivity index (χ3n) is 3.40. The summed E-state index contributed by atoms with van der Waals surface area (Å²) in [5, 5.41) is 11.9. The summed E-state index contributed by atoms with van der Waals surface area (Å²) in [6, 6.07) is 13.2. The molecule has 0 spiro atoms. The lowest BCUT2D eigenvalue weighted by Crippen LogP contribution is -2.01. The Morgan fingerprint density at radius 2 is 2.04 bits per heavy atom. The molecule has 0 amide bonds. The molecule has 0 saturated carbocycles. The molecule has 0 bridgehead atoms. The molecule has 0 unspecified atom stereocenters. The molecule has 4 aromatic rings. The maximum atomic E-state index is 11.1. The maximum absolute atomic E-state index is 11.1. The van der Waals surface area contributed by atoms with E-state index in [0.717, 1.165) is 15.8 Å². The maximum Gasteiger partial charge on any atom is 0.309 e. The summed E-state index contributed by atoms with van der Waals surface area (Å²) in [5.74, 6) is 0.312.